The van der Waals surface area contributed by atoms with E-state index in [2.05, 4.69) is 27.1 Å². The number of anilines is 1. The molecule has 0 atom stereocenters. The van der Waals surface area contributed by atoms with E-state index < -0.39 is 0 Å². The van der Waals surface area contributed by atoms with E-state index in [1.807, 2.05) is 49.4 Å². The first-order valence-electron chi connectivity index (χ1n) is 9.27. The molecule has 1 saturated heterocycles. The fraction of sp³-hybridized carbons (Fsp3) is 0.333. The molecule has 1 N–H and O–H groups in total. The van der Waals surface area contributed by atoms with E-state index in [1.54, 1.807) is 0 Å². The van der Waals surface area contributed by atoms with Crippen molar-refractivity contribution in [1.29, 1.82) is 0 Å². The molecule has 0 bridgehead atoms. The fourth-order valence-electron chi connectivity index (χ4n) is 3.35. The molecule has 1 amide bonds. The van der Waals surface area contributed by atoms with Crippen molar-refractivity contribution in [2.75, 3.05) is 38.1 Å². The van der Waals surface area contributed by atoms with Gasteiger partial charge in [-0.2, -0.15) is 0 Å². The van der Waals surface area contributed by atoms with Crippen molar-refractivity contribution in [1.82, 2.24) is 15.2 Å². The SMILES string of the molecule is Cc1cccc2oc(CNC(=O)c3ccc(N4CCN(C)CC4)cc3)nc12. The monoisotopic (exact) mass is 364 g/mol. The zero-order valence-electron chi connectivity index (χ0n) is 15.7. The van der Waals surface area contributed by atoms with Crippen molar-refractivity contribution >= 4 is 22.7 Å². The zero-order chi connectivity index (χ0) is 18.8. The molecule has 4 rings (SSSR count). The molecule has 1 aliphatic heterocycles. The lowest BCUT2D eigenvalue weighted by Crippen LogP contribution is -2.44. The van der Waals surface area contributed by atoms with Gasteiger partial charge in [-0.15, -0.1) is 0 Å². The third-order valence-electron chi connectivity index (χ3n) is 5.06. The molecule has 3 aromatic rings. The quantitative estimate of drug-likeness (QED) is 0.771. The first-order chi connectivity index (χ1) is 13.1. The number of nitrogens with one attached hydrogen (secondary N) is 1. The highest BCUT2D eigenvalue weighted by molar-refractivity contribution is 5.94. The number of fused-ring (bicyclic) bond motifs is 1. The van der Waals surface area contributed by atoms with Gasteiger partial charge in [-0.3, -0.25) is 4.79 Å². The summed E-state index contributed by atoms with van der Waals surface area (Å²) in [6.45, 7) is 6.42. The second kappa shape index (κ2) is 7.40. The van der Waals surface area contributed by atoms with Gasteiger partial charge in [-0.25, -0.2) is 4.98 Å². The van der Waals surface area contributed by atoms with Gasteiger partial charge >= 0.3 is 0 Å². The van der Waals surface area contributed by atoms with Crippen molar-refractivity contribution < 1.29 is 9.21 Å². The van der Waals surface area contributed by atoms with E-state index >= 15 is 0 Å². The maximum atomic E-state index is 12.4. The third kappa shape index (κ3) is 3.80. The molecule has 1 aliphatic rings. The Balaban J connectivity index is 1.38. The molecular formula is C21H24N4O2. The van der Waals surface area contributed by atoms with Crippen LogP contribution in [-0.2, 0) is 6.54 Å². The zero-order valence-corrected chi connectivity index (χ0v) is 15.7. The molecule has 2 aromatic carbocycles. The number of piperazine rings is 1. The van der Waals surface area contributed by atoms with Crippen molar-refractivity contribution in [3.05, 3.63) is 59.5 Å². The van der Waals surface area contributed by atoms with Gasteiger partial charge in [-0.05, 0) is 49.9 Å². The minimum Gasteiger partial charge on any atom is -0.439 e. The van der Waals surface area contributed by atoms with E-state index in [0.717, 1.165) is 48.5 Å². The molecule has 27 heavy (non-hydrogen) atoms. The van der Waals surface area contributed by atoms with Crippen molar-refractivity contribution in [2.45, 2.75) is 13.5 Å². The molecule has 2 heterocycles. The average Bonchev–Trinajstić information content (AvgIpc) is 3.11. The van der Waals surface area contributed by atoms with Crippen molar-refractivity contribution in [3.63, 3.8) is 0 Å². The van der Waals surface area contributed by atoms with Crippen LogP contribution in [0.2, 0.25) is 0 Å². The van der Waals surface area contributed by atoms with Crippen LogP contribution in [-0.4, -0.2) is 49.0 Å². The molecule has 0 spiro atoms. The summed E-state index contributed by atoms with van der Waals surface area (Å²) in [7, 11) is 2.14. The van der Waals surface area contributed by atoms with Gasteiger partial charge in [0, 0.05) is 37.4 Å². The molecule has 140 valence electrons. The van der Waals surface area contributed by atoms with Crippen LogP contribution >= 0.6 is 0 Å². The molecule has 1 fully saturated rings. The van der Waals surface area contributed by atoms with Gasteiger partial charge in [0.2, 0.25) is 5.89 Å². The average molecular weight is 364 g/mol. The normalized spacial score (nSPS) is 15.3. The molecule has 1 aromatic heterocycles. The third-order valence-corrected chi connectivity index (χ3v) is 5.06. The topological polar surface area (TPSA) is 61.6 Å². The highest BCUT2D eigenvalue weighted by atomic mass is 16.3. The number of rotatable bonds is 4. The number of nitrogens with zero attached hydrogens (tertiary/aromatic N) is 3. The smallest absolute Gasteiger partial charge is 0.251 e. The van der Waals surface area contributed by atoms with Gasteiger partial charge in [0.1, 0.15) is 5.52 Å². The van der Waals surface area contributed by atoms with Crippen LogP contribution in [0.1, 0.15) is 21.8 Å². The van der Waals surface area contributed by atoms with Crippen LogP contribution < -0.4 is 10.2 Å². The molecule has 0 aliphatic carbocycles. The van der Waals surface area contributed by atoms with Crippen molar-refractivity contribution in [3.8, 4) is 0 Å². The Morgan fingerprint density at radius 2 is 1.85 bits per heavy atom. The summed E-state index contributed by atoms with van der Waals surface area (Å²) in [5, 5.41) is 2.89. The summed E-state index contributed by atoms with van der Waals surface area (Å²) in [5.74, 6) is 0.389. The number of carbonyl (C=O) groups excluding carboxylic acids is 1. The summed E-state index contributed by atoms with van der Waals surface area (Å²) in [5.41, 5.74) is 4.46. The van der Waals surface area contributed by atoms with Gasteiger partial charge in [0.05, 0.1) is 6.54 Å². The van der Waals surface area contributed by atoms with Gasteiger partial charge in [0.25, 0.3) is 5.91 Å². The maximum absolute atomic E-state index is 12.4. The summed E-state index contributed by atoms with van der Waals surface area (Å²) in [4.78, 5) is 21.6. The minimum absolute atomic E-state index is 0.126. The van der Waals surface area contributed by atoms with E-state index in [4.69, 9.17) is 4.42 Å². The number of aryl methyl sites for hydroxylation is 1. The van der Waals surface area contributed by atoms with Crippen LogP contribution in [0.15, 0.2) is 46.9 Å². The number of amides is 1. The lowest BCUT2D eigenvalue weighted by atomic mass is 10.1. The van der Waals surface area contributed by atoms with E-state index in [0.29, 0.717) is 11.5 Å². The number of hydrogen-bond acceptors (Lipinski definition) is 5. The maximum Gasteiger partial charge on any atom is 0.251 e. The summed E-state index contributed by atoms with van der Waals surface area (Å²) in [6, 6.07) is 13.6. The number of para-hydroxylation sites is 1. The lowest BCUT2D eigenvalue weighted by molar-refractivity contribution is 0.0947. The predicted molar refractivity (Wildman–Crippen MR) is 106 cm³/mol. The number of oxazole rings is 1. The summed E-state index contributed by atoms with van der Waals surface area (Å²) >= 11 is 0. The van der Waals surface area contributed by atoms with Crippen LogP contribution in [0, 0.1) is 6.92 Å². The second-order valence-corrected chi connectivity index (χ2v) is 7.05. The number of likely N-dealkylation sites (N-methyl/N-ethyl adjacent to an activating group) is 1. The largest absolute Gasteiger partial charge is 0.439 e. The van der Waals surface area contributed by atoms with Gasteiger partial charge < -0.3 is 19.5 Å². The number of carbonyl (C=O) groups is 1. The Kier molecular flexibility index (Phi) is 4.81. The van der Waals surface area contributed by atoms with E-state index in [9.17, 15) is 4.79 Å². The molecule has 6 nitrogen and oxygen atoms in total. The van der Waals surface area contributed by atoms with E-state index in [-0.39, 0.29) is 12.5 Å². The van der Waals surface area contributed by atoms with Gasteiger partial charge in [-0.1, -0.05) is 12.1 Å². The van der Waals surface area contributed by atoms with Crippen LogP contribution in [0.25, 0.3) is 11.1 Å². The number of hydrogen-bond donors (Lipinski definition) is 1. The Morgan fingerprint density at radius 1 is 1.11 bits per heavy atom. The van der Waals surface area contributed by atoms with Crippen molar-refractivity contribution in [2.24, 2.45) is 0 Å². The van der Waals surface area contributed by atoms with Crippen LogP contribution in [0.3, 0.4) is 0 Å². The highest BCUT2D eigenvalue weighted by Gasteiger charge is 2.15. The molecule has 0 saturated carbocycles. The van der Waals surface area contributed by atoms with Gasteiger partial charge in [0.15, 0.2) is 5.58 Å². The Hall–Kier alpha value is -2.86. The molecule has 0 unspecified atom stereocenters. The lowest BCUT2D eigenvalue weighted by Gasteiger charge is -2.34. The van der Waals surface area contributed by atoms with Crippen LogP contribution in [0.5, 0.6) is 0 Å². The van der Waals surface area contributed by atoms with Crippen LogP contribution in [0.4, 0.5) is 5.69 Å². The Morgan fingerprint density at radius 3 is 2.56 bits per heavy atom. The highest BCUT2D eigenvalue weighted by Crippen LogP contribution is 2.19. The Labute approximate surface area is 158 Å². The first-order valence-corrected chi connectivity index (χ1v) is 9.27. The molecular weight excluding hydrogens is 340 g/mol. The first kappa shape index (κ1) is 17.5. The predicted octanol–water partition coefficient (Wildman–Crippen LogP) is 2.82. The number of aromatic nitrogens is 1. The Bertz CT molecular complexity index is 940. The molecule has 0 radical (unpaired) electrons. The standard InChI is InChI=1S/C21H24N4O2/c1-15-4-3-5-18-20(15)23-19(27-18)14-22-21(26)16-6-8-17(9-7-16)25-12-10-24(2)11-13-25/h3-9H,10-14H2,1-2H3,(H,22,26). The number of benzene rings is 2. The minimum atomic E-state index is -0.126. The van der Waals surface area contributed by atoms with E-state index in [1.165, 1.54) is 0 Å². The second-order valence-electron chi connectivity index (χ2n) is 7.05. The summed E-state index contributed by atoms with van der Waals surface area (Å²) in [6.07, 6.45) is 0. The molecule has 6 heteroatoms. The summed E-state index contributed by atoms with van der Waals surface area (Å²) < 4.78 is 5.71. The fourth-order valence-corrected chi connectivity index (χ4v) is 3.35.